The van der Waals surface area contributed by atoms with Crippen molar-refractivity contribution in [2.75, 3.05) is 51.5 Å². The van der Waals surface area contributed by atoms with E-state index in [1.807, 2.05) is 0 Å². The van der Waals surface area contributed by atoms with Gasteiger partial charge in [-0.3, -0.25) is 4.79 Å². The molecule has 1 amide bonds. The summed E-state index contributed by atoms with van der Waals surface area (Å²) in [4.78, 5) is 14.2. The number of carbonyl (C=O) groups excluding carboxylic acids is 1. The van der Waals surface area contributed by atoms with Gasteiger partial charge in [0.1, 0.15) is 0 Å². The Labute approximate surface area is 125 Å². The van der Waals surface area contributed by atoms with Gasteiger partial charge in [0.15, 0.2) is 9.84 Å². The van der Waals surface area contributed by atoms with Gasteiger partial charge in [-0.25, -0.2) is 8.42 Å². The van der Waals surface area contributed by atoms with Crippen molar-refractivity contribution in [3.63, 3.8) is 0 Å². The van der Waals surface area contributed by atoms with Crippen LogP contribution in [0.15, 0.2) is 0 Å². The second-order valence-electron chi connectivity index (χ2n) is 5.57. The van der Waals surface area contributed by atoms with Crippen LogP contribution in [-0.4, -0.2) is 82.8 Å². The average Bonchev–Trinajstić information content (AvgIpc) is 2.80. The van der Waals surface area contributed by atoms with Crippen molar-refractivity contribution in [3.05, 3.63) is 0 Å². The van der Waals surface area contributed by atoms with Gasteiger partial charge in [-0.05, 0) is 6.42 Å². The monoisotopic (exact) mass is 320 g/mol. The maximum Gasteiger partial charge on any atom is 0.224 e. The van der Waals surface area contributed by atoms with E-state index in [2.05, 4.69) is 5.32 Å². The molecule has 0 spiro atoms. The molecule has 0 radical (unpaired) electrons. The van der Waals surface area contributed by atoms with Crippen LogP contribution < -0.4 is 5.32 Å². The summed E-state index contributed by atoms with van der Waals surface area (Å²) in [5.74, 6) is 0.202. The molecule has 0 aliphatic carbocycles. The summed E-state index contributed by atoms with van der Waals surface area (Å²) < 4.78 is 33.6. The van der Waals surface area contributed by atoms with Crippen LogP contribution in [0.25, 0.3) is 0 Å². The van der Waals surface area contributed by atoms with Gasteiger partial charge in [0.25, 0.3) is 0 Å². The van der Waals surface area contributed by atoms with Crippen molar-refractivity contribution in [2.45, 2.75) is 24.9 Å². The van der Waals surface area contributed by atoms with Crippen LogP contribution in [0, 0.1) is 0 Å². The number of rotatable bonds is 6. The fraction of sp³-hybridized carbons (Fsp3) is 0.923. The molecule has 2 fully saturated rings. The number of nitrogens with one attached hydrogen (secondary N) is 1. The van der Waals surface area contributed by atoms with Crippen LogP contribution in [-0.2, 0) is 24.1 Å². The summed E-state index contributed by atoms with van der Waals surface area (Å²) in [7, 11) is -1.43. The molecule has 7 nitrogen and oxygen atoms in total. The number of carbonyl (C=O) groups is 1. The first kappa shape index (κ1) is 16.7. The van der Waals surface area contributed by atoms with E-state index >= 15 is 0 Å². The van der Waals surface area contributed by atoms with Crippen molar-refractivity contribution >= 4 is 15.7 Å². The molecular weight excluding hydrogens is 296 g/mol. The molecule has 122 valence electrons. The molecule has 0 bridgehead atoms. The van der Waals surface area contributed by atoms with Gasteiger partial charge in [0, 0.05) is 38.7 Å². The van der Waals surface area contributed by atoms with Crippen molar-refractivity contribution < 1.29 is 22.7 Å². The number of ether oxygens (including phenoxy) is 2. The van der Waals surface area contributed by atoms with E-state index in [0.29, 0.717) is 39.2 Å². The summed E-state index contributed by atoms with van der Waals surface area (Å²) in [6.07, 6.45) is 0.854. The highest BCUT2D eigenvalue weighted by atomic mass is 32.2. The maximum atomic E-state index is 12.5. The third-order valence-corrected chi connectivity index (χ3v) is 5.68. The summed E-state index contributed by atoms with van der Waals surface area (Å²) in [6.45, 7) is 2.78. The molecule has 2 saturated heterocycles. The van der Waals surface area contributed by atoms with Gasteiger partial charge in [-0.1, -0.05) is 0 Å². The van der Waals surface area contributed by atoms with Crippen molar-refractivity contribution in [1.29, 1.82) is 0 Å². The summed E-state index contributed by atoms with van der Waals surface area (Å²) in [5.41, 5.74) is 0. The van der Waals surface area contributed by atoms with Gasteiger partial charge in [-0.15, -0.1) is 0 Å². The number of hydrogen-bond donors (Lipinski definition) is 1. The van der Waals surface area contributed by atoms with Crippen LogP contribution in [0.2, 0.25) is 0 Å². The van der Waals surface area contributed by atoms with Crippen molar-refractivity contribution in [1.82, 2.24) is 10.2 Å². The first-order chi connectivity index (χ1) is 10.0. The Morgan fingerprint density at radius 2 is 2.29 bits per heavy atom. The molecule has 1 N–H and O–H groups in total. The van der Waals surface area contributed by atoms with Crippen LogP contribution in [0.4, 0.5) is 0 Å². The topological polar surface area (TPSA) is 84.9 Å². The second kappa shape index (κ2) is 7.53. The van der Waals surface area contributed by atoms with Crippen molar-refractivity contribution in [3.8, 4) is 0 Å². The van der Waals surface area contributed by atoms with Gasteiger partial charge in [0.2, 0.25) is 5.91 Å². The molecule has 2 aliphatic heterocycles. The van der Waals surface area contributed by atoms with Crippen molar-refractivity contribution in [2.24, 2.45) is 0 Å². The largest absolute Gasteiger partial charge is 0.383 e. The van der Waals surface area contributed by atoms with E-state index in [1.165, 1.54) is 0 Å². The van der Waals surface area contributed by atoms with Crippen LogP contribution >= 0.6 is 0 Å². The highest BCUT2D eigenvalue weighted by Crippen LogP contribution is 2.19. The number of morpholine rings is 1. The standard InChI is InChI=1S/C13H24N2O5S/c1-19-6-4-15(12-2-7-21(17,18)10-12)13(16)8-11-9-20-5-3-14-11/h11-12,14H,2-10H2,1H3. The number of sulfone groups is 1. The van der Waals surface area contributed by atoms with E-state index in [1.54, 1.807) is 12.0 Å². The van der Waals surface area contributed by atoms with Gasteiger partial charge in [-0.2, -0.15) is 0 Å². The lowest BCUT2D eigenvalue weighted by molar-refractivity contribution is -0.135. The Hall–Kier alpha value is -0.700. The molecule has 0 aromatic rings. The number of hydrogen-bond acceptors (Lipinski definition) is 6. The minimum absolute atomic E-state index is 0.00862. The third-order valence-electron chi connectivity index (χ3n) is 3.93. The zero-order valence-corrected chi connectivity index (χ0v) is 13.2. The molecule has 8 heteroatoms. The summed E-state index contributed by atoms with van der Waals surface area (Å²) in [6, 6.07) is -0.212. The minimum atomic E-state index is -3.01. The Morgan fingerprint density at radius 1 is 1.48 bits per heavy atom. The van der Waals surface area contributed by atoms with Crippen LogP contribution in [0.1, 0.15) is 12.8 Å². The van der Waals surface area contributed by atoms with E-state index in [9.17, 15) is 13.2 Å². The lowest BCUT2D eigenvalue weighted by Crippen LogP contribution is -2.48. The molecule has 2 heterocycles. The van der Waals surface area contributed by atoms with Gasteiger partial charge in [0.05, 0.1) is 31.3 Å². The first-order valence-electron chi connectivity index (χ1n) is 7.32. The normalized spacial score (nSPS) is 28.4. The van der Waals surface area contributed by atoms with Crippen LogP contribution in [0.3, 0.4) is 0 Å². The molecular formula is C13H24N2O5S. The molecule has 21 heavy (non-hydrogen) atoms. The molecule has 2 rings (SSSR count). The third kappa shape index (κ3) is 4.91. The second-order valence-corrected chi connectivity index (χ2v) is 7.80. The van der Waals surface area contributed by atoms with E-state index in [-0.39, 0.29) is 29.5 Å². The average molecular weight is 320 g/mol. The van der Waals surface area contributed by atoms with E-state index in [0.717, 1.165) is 6.54 Å². The van der Waals surface area contributed by atoms with E-state index in [4.69, 9.17) is 9.47 Å². The maximum absolute atomic E-state index is 12.5. The highest BCUT2D eigenvalue weighted by molar-refractivity contribution is 7.91. The lowest BCUT2D eigenvalue weighted by Gasteiger charge is -2.31. The molecule has 0 aromatic carbocycles. The molecule has 2 atom stereocenters. The smallest absolute Gasteiger partial charge is 0.224 e. The number of methoxy groups -OCH3 is 1. The lowest BCUT2D eigenvalue weighted by atomic mass is 10.1. The van der Waals surface area contributed by atoms with Gasteiger partial charge >= 0.3 is 0 Å². The molecule has 2 unspecified atom stereocenters. The minimum Gasteiger partial charge on any atom is -0.383 e. The molecule has 0 aromatic heterocycles. The SMILES string of the molecule is COCCN(C(=O)CC1COCCN1)C1CCS(=O)(=O)C1. The highest BCUT2D eigenvalue weighted by Gasteiger charge is 2.35. The fourth-order valence-electron chi connectivity index (χ4n) is 2.80. The zero-order chi connectivity index (χ0) is 15.3. The molecule has 2 aliphatic rings. The van der Waals surface area contributed by atoms with E-state index < -0.39 is 9.84 Å². The van der Waals surface area contributed by atoms with Gasteiger partial charge < -0.3 is 19.7 Å². The number of nitrogens with zero attached hydrogens (tertiary/aromatic N) is 1. The predicted octanol–water partition coefficient (Wildman–Crippen LogP) is -0.973. The Kier molecular flexibility index (Phi) is 5.98. The Morgan fingerprint density at radius 3 is 2.86 bits per heavy atom. The Bertz CT molecular complexity index is 447. The van der Waals surface area contributed by atoms with Crippen LogP contribution in [0.5, 0.6) is 0 Å². The zero-order valence-electron chi connectivity index (χ0n) is 12.4. The summed E-state index contributed by atoms with van der Waals surface area (Å²) >= 11 is 0. The first-order valence-corrected chi connectivity index (χ1v) is 9.14. The number of amides is 1. The molecule has 0 saturated carbocycles. The predicted molar refractivity (Wildman–Crippen MR) is 77.9 cm³/mol. The Balaban J connectivity index is 1.95. The fourth-order valence-corrected chi connectivity index (χ4v) is 4.53. The summed E-state index contributed by atoms with van der Waals surface area (Å²) in [5, 5.41) is 3.25. The quantitative estimate of drug-likeness (QED) is 0.678.